The first-order valence-electron chi connectivity index (χ1n) is 5.32. The highest BCUT2D eigenvalue weighted by molar-refractivity contribution is 9.10. The summed E-state index contributed by atoms with van der Waals surface area (Å²) in [7, 11) is 1.86. The van der Waals surface area contributed by atoms with Crippen molar-refractivity contribution in [2.45, 2.75) is 19.5 Å². The number of hydrogen-bond donors (Lipinski definition) is 2. The zero-order valence-electron chi connectivity index (χ0n) is 9.98. The average molecular weight is 301 g/mol. The molecule has 0 amide bonds. The van der Waals surface area contributed by atoms with Gasteiger partial charge in [-0.25, -0.2) is 0 Å². The molecule has 1 unspecified atom stereocenters. The minimum absolute atomic E-state index is 0.335. The van der Waals surface area contributed by atoms with Gasteiger partial charge in [-0.15, -0.1) is 0 Å². The van der Waals surface area contributed by atoms with E-state index < -0.39 is 12.0 Å². The monoisotopic (exact) mass is 300 g/mol. The van der Waals surface area contributed by atoms with Crippen molar-refractivity contribution in [2.24, 2.45) is 5.73 Å². The van der Waals surface area contributed by atoms with Crippen LogP contribution in [0, 0.1) is 6.92 Å². The summed E-state index contributed by atoms with van der Waals surface area (Å²) in [5.41, 5.74) is 7.84. The summed E-state index contributed by atoms with van der Waals surface area (Å²) < 4.78 is 1.02. The Morgan fingerprint density at radius 2 is 2.24 bits per heavy atom. The summed E-state index contributed by atoms with van der Waals surface area (Å²) in [6, 6.07) is 5.22. The van der Waals surface area contributed by atoms with Gasteiger partial charge in [-0.3, -0.25) is 9.69 Å². The third-order valence-electron chi connectivity index (χ3n) is 2.58. The molecule has 0 bridgehead atoms. The molecule has 0 aliphatic heterocycles. The topological polar surface area (TPSA) is 66.6 Å². The van der Waals surface area contributed by atoms with Crippen molar-refractivity contribution in [2.75, 3.05) is 13.6 Å². The molecule has 0 aliphatic carbocycles. The van der Waals surface area contributed by atoms with Gasteiger partial charge in [0.05, 0.1) is 0 Å². The average Bonchev–Trinajstić information content (AvgIpc) is 2.23. The van der Waals surface area contributed by atoms with Crippen molar-refractivity contribution < 1.29 is 9.90 Å². The van der Waals surface area contributed by atoms with Crippen molar-refractivity contribution in [3.05, 3.63) is 33.8 Å². The van der Waals surface area contributed by atoms with Crippen LogP contribution in [0.4, 0.5) is 0 Å². The van der Waals surface area contributed by atoms with E-state index in [-0.39, 0.29) is 0 Å². The van der Waals surface area contributed by atoms with Gasteiger partial charge >= 0.3 is 5.97 Å². The second-order valence-electron chi connectivity index (χ2n) is 4.21. The lowest BCUT2D eigenvalue weighted by atomic mass is 10.1. The van der Waals surface area contributed by atoms with E-state index in [1.807, 2.05) is 37.1 Å². The number of likely N-dealkylation sites (N-methyl/N-ethyl adjacent to an activating group) is 1. The molecule has 4 nitrogen and oxygen atoms in total. The zero-order valence-corrected chi connectivity index (χ0v) is 11.6. The van der Waals surface area contributed by atoms with Gasteiger partial charge in [0, 0.05) is 17.6 Å². The Hall–Kier alpha value is -0.910. The highest BCUT2D eigenvalue weighted by Gasteiger charge is 2.14. The Kier molecular flexibility index (Phi) is 5.11. The molecule has 5 heteroatoms. The molecule has 0 fully saturated rings. The third-order valence-corrected chi connectivity index (χ3v) is 3.07. The van der Waals surface area contributed by atoms with Gasteiger partial charge < -0.3 is 10.8 Å². The fourth-order valence-electron chi connectivity index (χ4n) is 1.58. The largest absolute Gasteiger partial charge is 0.480 e. The lowest BCUT2D eigenvalue weighted by molar-refractivity contribution is -0.138. The first kappa shape index (κ1) is 14.2. The summed E-state index contributed by atoms with van der Waals surface area (Å²) in [6.07, 6.45) is 0. The maximum atomic E-state index is 10.6. The summed E-state index contributed by atoms with van der Waals surface area (Å²) in [5, 5.41) is 8.74. The van der Waals surface area contributed by atoms with Crippen molar-refractivity contribution in [1.29, 1.82) is 0 Å². The van der Waals surface area contributed by atoms with Gasteiger partial charge in [0.15, 0.2) is 0 Å². The van der Waals surface area contributed by atoms with Crippen LogP contribution in [0.2, 0.25) is 0 Å². The van der Waals surface area contributed by atoms with Crippen LogP contribution in [0.1, 0.15) is 11.1 Å². The highest BCUT2D eigenvalue weighted by atomic mass is 79.9. The highest BCUT2D eigenvalue weighted by Crippen LogP contribution is 2.17. The zero-order chi connectivity index (χ0) is 13.0. The molecule has 1 rings (SSSR count). The molecule has 0 heterocycles. The Morgan fingerprint density at radius 3 is 2.82 bits per heavy atom. The van der Waals surface area contributed by atoms with Crippen LogP contribution in [0.25, 0.3) is 0 Å². The number of nitrogens with two attached hydrogens (primary N) is 1. The van der Waals surface area contributed by atoms with Gasteiger partial charge in [0.1, 0.15) is 6.04 Å². The van der Waals surface area contributed by atoms with Crippen LogP contribution in [0.5, 0.6) is 0 Å². The van der Waals surface area contributed by atoms with Crippen LogP contribution in [0.3, 0.4) is 0 Å². The first-order chi connectivity index (χ1) is 7.90. The fraction of sp³-hybridized carbons (Fsp3) is 0.417. The summed E-state index contributed by atoms with van der Waals surface area (Å²) in [4.78, 5) is 12.6. The van der Waals surface area contributed by atoms with E-state index in [4.69, 9.17) is 10.8 Å². The van der Waals surface area contributed by atoms with Gasteiger partial charge in [-0.2, -0.15) is 0 Å². The number of carboxylic acids is 1. The van der Waals surface area contributed by atoms with Gasteiger partial charge in [-0.1, -0.05) is 22.0 Å². The molecule has 0 saturated carbocycles. The smallest absolute Gasteiger partial charge is 0.321 e. The predicted molar refractivity (Wildman–Crippen MR) is 70.8 cm³/mol. The number of halogens is 1. The maximum absolute atomic E-state index is 10.6. The number of carbonyl (C=O) groups is 1. The van der Waals surface area contributed by atoms with E-state index in [9.17, 15) is 4.79 Å². The lowest BCUT2D eigenvalue weighted by Gasteiger charge is -2.20. The summed E-state index contributed by atoms with van der Waals surface area (Å²) in [6.45, 7) is 3.06. The molecular weight excluding hydrogens is 284 g/mol. The second-order valence-corrected chi connectivity index (χ2v) is 5.13. The van der Waals surface area contributed by atoms with Crippen LogP contribution in [0.15, 0.2) is 22.7 Å². The first-order valence-corrected chi connectivity index (χ1v) is 6.11. The molecule has 3 N–H and O–H groups in total. The number of aliphatic carboxylic acids is 1. The Labute approximate surface area is 110 Å². The van der Waals surface area contributed by atoms with Gasteiger partial charge in [0.2, 0.25) is 0 Å². The number of benzene rings is 1. The molecular formula is C12H17BrN2O2. The standard InChI is InChI=1S/C12H17BrN2O2/c1-8-3-4-10(13)5-9(8)6-15(2)7-11(14)12(16)17/h3-5,11H,6-7,14H2,1-2H3,(H,16,17). The van der Waals surface area contributed by atoms with Crippen molar-refractivity contribution in [3.63, 3.8) is 0 Å². The molecule has 0 spiro atoms. The van der Waals surface area contributed by atoms with Gasteiger partial charge in [-0.05, 0) is 37.2 Å². The van der Waals surface area contributed by atoms with E-state index in [1.165, 1.54) is 11.1 Å². The van der Waals surface area contributed by atoms with Crippen molar-refractivity contribution in [3.8, 4) is 0 Å². The summed E-state index contributed by atoms with van der Waals surface area (Å²) >= 11 is 3.42. The number of rotatable bonds is 5. The SMILES string of the molecule is Cc1ccc(Br)cc1CN(C)CC(N)C(=O)O. The Balaban J connectivity index is 2.64. The molecule has 1 atom stereocenters. The van der Waals surface area contributed by atoms with Crippen LogP contribution >= 0.6 is 15.9 Å². The van der Waals surface area contributed by atoms with Crippen LogP contribution in [-0.2, 0) is 11.3 Å². The van der Waals surface area contributed by atoms with Gasteiger partial charge in [0.25, 0.3) is 0 Å². The molecule has 17 heavy (non-hydrogen) atoms. The Morgan fingerprint density at radius 1 is 1.59 bits per heavy atom. The maximum Gasteiger partial charge on any atom is 0.321 e. The number of hydrogen-bond acceptors (Lipinski definition) is 3. The number of nitrogens with zero attached hydrogens (tertiary/aromatic N) is 1. The molecule has 1 aromatic rings. The fourth-order valence-corrected chi connectivity index (χ4v) is 1.99. The molecule has 94 valence electrons. The molecule has 0 saturated heterocycles. The van der Waals surface area contributed by atoms with E-state index in [2.05, 4.69) is 15.9 Å². The van der Waals surface area contributed by atoms with Crippen molar-refractivity contribution >= 4 is 21.9 Å². The van der Waals surface area contributed by atoms with Crippen molar-refractivity contribution in [1.82, 2.24) is 4.90 Å². The summed E-state index contributed by atoms with van der Waals surface area (Å²) in [5.74, 6) is -0.970. The third kappa shape index (κ3) is 4.46. The second kappa shape index (κ2) is 6.14. The molecule has 1 aromatic carbocycles. The van der Waals surface area contributed by atoms with Crippen LogP contribution < -0.4 is 5.73 Å². The normalized spacial score (nSPS) is 12.8. The van der Waals surface area contributed by atoms with E-state index in [0.29, 0.717) is 13.1 Å². The molecule has 0 aliphatic rings. The number of carboxylic acid groups (broad SMARTS) is 1. The van der Waals surface area contributed by atoms with E-state index in [1.54, 1.807) is 0 Å². The minimum Gasteiger partial charge on any atom is -0.480 e. The van der Waals surface area contributed by atoms with E-state index >= 15 is 0 Å². The minimum atomic E-state index is -0.970. The lowest BCUT2D eigenvalue weighted by Crippen LogP contribution is -2.40. The van der Waals surface area contributed by atoms with Crippen LogP contribution in [-0.4, -0.2) is 35.6 Å². The Bertz CT molecular complexity index is 409. The predicted octanol–water partition coefficient (Wildman–Crippen LogP) is 1.60. The van der Waals surface area contributed by atoms with E-state index in [0.717, 1.165) is 4.47 Å². The molecule has 0 aromatic heterocycles. The quantitative estimate of drug-likeness (QED) is 0.867. The molecule has 0 radical (unpaired) electrons. The number of aryl methyl sites for hydroxylation is 1.